The molecule has 0 radical (unpaired) electrons. The van der Waals surface area contributed by atoms with Gasteiger partial charge in [-0.2, -0.15) is 0 Å². The summed E-state index contributed by atoms with van der Waals surface area (Å²) in [7, 11) is 0. The number of aliphatic carboxylic acids is 1. The van der Waals surface area contributed by atoms with E-state index in [1.54, 1.807) is 0 Å². The van der Waals surface area contributed by atoms with Gasteiger partial charge in [-0.05, 0) is 61.8 Å². The van der Waals surface area contributed by atoms with E-state index in [0.29, 0.717) is 6.42 Å². The highest BCUT2D eigenvalue weighted by Gasteiger charge is 2.17. The maximum Gasteiger partial charge on any atom is 0.303 e. The molecule has 0 heterocycles. The number of carbonyl (C=O) groups is 1. The van der Waals surface area contributed by atoms with E-state index < -0.39 is 5.97 Å². The Morgan fingerprint density at radius 2 is 2.00 bits per heavy atom. The fraction of sp³-hybridized carbons (Fsp3) is 0.533. The molecule has 0 saturated carbocycles. The number of carboxylic acid groups (broad SMARTS) is 1. The number of fused-ring (bicyclic) bond motifs is 1. The molecule has 1 aliphatic rings. The summed E-state index contributed by atoms with van der Waals surface area (Å²) in [6.45, 7) is 3.04. The zero-order chi connectivity index (χ0) is 13.0. The lowest BCUT2D eigenvalue weighted by molar-refractivity contribution is -0.136. The number of benzene rings is 1. The number of rotatable bonds is 5. The van der Waals surface area contributed by atoms with Crippen molar-refractivity contribution in [2.24, 2.45) is 0 Å². The second-order valence-corrected chi connectivity index (χ2v) is 4.86. The molecule has 0 atom stereocenters. The van der Waals surface area contributed by atoms with Gasteiger partial charge in [0.25, 0.3) is 0 Å². The largest absolute Gasteiger partial charge is 0.481 e. The van der Waals surface area contributed by atoms with E-state index in [2.05, 4.69) is 24.4 Å². The second-order valence-electron chi connectivity index (χ2n) is 4.86. The van der Waals surface area contributed by atoms with Crippen LogP contribution in [0.1, 0.15) is 42.9 Å². The number of aryl methyl sites for hydroxylation is 1. The Hall–Kier alpha value is -1.51. The average molecular weight is 247 g/mol. The molecule has 1 aliphatic carbocycles. The molecule has 0 aliphatic heterocycles. The van der Waals surface area contributed by atoms with Crippen molar-refractivity contribution in [1.29, 1.82) is 0 Å². The Morgan fingerprint density at radius 1 is 1.28 bits per heavy atom. The summed E-state index contributed by atoms with van der Waals surface area (Å²) in [4.78, 5) is 10.7. The van der Waals surface area contributed by atoms with Gasteiger partial charge in [-0.1, -0.05) is 6.07 Å². The van der Waals surface area contributed by atoms with E-state index in [-0.39, 0.29) is 6.42 Å². The number of hydrogen-bond acceptors (Lipinski definition) is 2. The predicted molar refractivity (Wildman–Crippen MR) is 73.2 cm³/mol. The molecule has 2 rings (SSSR count). The lowest BCUT2D eigenvalue weighted by atomic mass is 9.85. The van der Waals surface area contributed by atoms with Crippen molar-refractivity contribution in [2.45, 2.75) is 45.4 Å². The van der Waals surface area contributed by atoms with Crippen molar-refractivity contribution in [3.05, 3.63) is 28.8 Å². The van der Waals surface area contributed by atoms with E-state index >= 15 is 0 Å². The van der Waals surface area contributed by atoms with Crippen LogP contribution in [0.3, 0.4) is 0 Å². The molecule has 18 heavy (non-hydrogen) atoms. The zero-order valence-electron chi connectivity index (χ0n) is 11.0. The summed E-state index contributed by atoms with van der Waals surface area (Å²) in [5, 5.41) is 12.2. The maximum atomic E-state index is 10.7. The van der Waals surface area contributed by atoms with Crippen molar-refractivity contribution >= 4 is 11.7 Å². The molecule has 2 N–H and O–H groups in total. The van der Waals surface area contributed by atoms with Gasteiger partial charge in [0.05, 0.1) is 0 Å². The van der Waals surface area contributed by atoms with Crippen molar-refractivity contribution in [3.8, 4) is 0 Å². The lowest BCUT2D eigenvalue weighted by Gasteiger charge is -2.23. The summed E-state index contributed by atoms with van der Waals surface area (Å²) in [5.74, 6) is -0.713. The third kappa shape index (κ3) is 2.84. The Kier molecular flexibility index (Phi) is 4.24. The monoisotopic (exact) mass is 247 g/mol. The van der Waals surface area contributed by atoms with Gasteiger partial charge in [0.1, 0.15) is 0 Å². The minimum absolute atomic E-state index is 0.229. The number of anilines is 1. The van der Waals surface area contributed by atoms with Gasteiger partial charge in [0.2, 0.25) is 0 Å². The van der Waals surface area contributed by atoms with Gasteiger partial charge in [0, 0.05) is 18.7 Å². The van der Waals surface area contributed by atoms with E-state index in [1.807, 2.05) is 0 Å². The first-order valence-corrected chi connectivity index (χ1v) is 6.81. The fourth-order valence-corrected chi connectivity index (χ4v) is 2.77. The summed E-state index contributed by atoms with van der Waals surface area (Å²) >= 11 is 0. The SMILES string of the molecule is CCNc1ccc(CCC(=O)O)c2c1CCCC2. The molecule has 98 valence electrons. The van der Waals surface area contributed by atoms with Crippen molar-refractivity contribution in [1.82, 2.24) is 0 Å². The van der Waals surface area contributed by atoms with Crippen molar-refractivity contribution in [3.63, 3.8) is 0 Å². The van der Waals surface area contributed by atoms with Gasteiger partial charge in [-0.25, -0.2) is 0 Å². The molecule has 1 aromatic carbocycles. The van der Waals surface area contributed by atoms with Gasteiger partial charge < -0.3 is 10.4 Å². The van der Waals surface area contributed by atoms with Crippen LogP contribution in [-0.2, 0) is 24.1 Å². The van der Waals surface area contributed by atoms with Crippen LogP contribution in [0, 0.1) is 0 Å². The molecular formula is C15H21NO2. The molecule has 0 spiro atoms. The second kappa shape index (κ2) is 5.89. The van der Waals surface area contributed by atoms with Crippen LogP contribution in [0.4, 0.5) is 5.69 Å². The highest BCUT2D eigenvalue weighted by molar-refractivity contribution is 5.67. The average Bonchev–Trinajstić information content (AvgIpc) is 2.38. The number of carboxylic acids is 1. The highest BCUT2D eigenvalue weighted by atomic mass is 16.4. The van der Waals surface area contributed by atoms with Crippen LogP contribution in [0.2, 0.25) is 0 Å². The van der Waals surface area contributed by atoms with E-state index in [9.17, 15) is 4.79 Å². The van der Waals surface area contributed by atoms with Crippen LogP contribution >= 0.6 is 0 Å². The van der Waals surface area contributed by atoms with Crippen LogP contribution in [-0.4, -0.2) is 17.6 Å². The number of nitrogens with one attached hydrogen (secondary N) is 1. The number of hydrogen-bond donors (Lipinski definition) is 2. The van der Waals surface area contributed by atoms with Crippen molar-refractivity contribution in [2.75, 3.05) is 11.9 Å². The minimum atomic E-state index is -0.713. The maximum absolute atomic E-state index is 10.7. The van der Waals surface area contributed by atoms with Crippen LogP contribution in [0.5, 0.6) is 0 Å². The van der Waals surface area contributed by atoms with Gasteiger partial charge >= 0.3 is 5.97 Å². The first kappa shape index (κ1) is 12.9. The van der Waals surface area contributed by atoms with Crippen LogP contribution < -0.4 is 5.32 Å². The third-order valence-corrected chi connectivity index (χ3v) is 3.61. The summed E-state index contributed by atoms with van der Waals surface area (Å²) in [6.07, 6.45) is 5.58. The smallest absolute Gasteiger partial charge is 0.303 e. The quantitative estimate of drug-likeness (QED) is 0.841. The minimum Gasteiger partial charge on any atom is -0.481 e. The highest BCUT2D eigenvalue weighted by Crippen LogP contribution is 2.31. The topological polar surface area (TPSA) is 49.3 Å². The molecule has 0 saturated heterocycles. The zero-order valence-corrected chi connectivity index (χ0v) is 11.0. The van der Waals surface area contributed by atoms with Gasteiger partial charge in [-0.15, -0.1) is 0 Å². The molecule has 0 amide bonds. The van der Waals surface area contributed by atoms with Crippen LogP contribution in [0.25, 0.3) is 0 Å². The van der Waals surface area contributed by atoms with Gasteiger partial charge in [0.15, 0.2) is 0 Å². The normalized spacial score (nSPS) is 14.1. The Morgan fingerprint density at radius 3 is 2.67 bits per heavy atom. The lowest BCUT2D eigenvalue weighted by Crippen LogP contribution is -2.12. The molecule has 0 unspecified atom stereocenters. The molecule has 3 nitrogen and oxygen atoms in total. The molecule has 0 bridgehead atoms. The molecular weight excluding hydrogens is 226 g/mol. The first-order valence-electron chi connectivity index (χ1n) is 6.81. The summed E-state index contributed by atoms with van der Waals surface area (Å²) in [5.41, 5.74) is 5.30. The fourth-order valence-electron chi connectivity index (χ4n) is 2.77. The molecule has 0 fully saturated rings. The summed E-state index contributed by atoms with van der Waals surface area (Å²) < 4.78 is 0. The first-order chi connectivity index (χ1) is 8.72. The molecule has 0 aromatic heterocycles. The van der Waals surface area contributed by atoms with E-state index in [0.717, 1.165) is 19.4 Å². The Bertz CT molecular complexity index is 440. The van der Waals surface area contributed by atoms with Gasteiger partial charge in [-0.3, -0.25) is 4.79 Å². The third-order valence-electron chi connectivity index (χ3n) is 3.61. The van der Waals surface area contributed by atoms with Crippen LogP contribution in [0.15, 0.2) is 12.1 Å². The van der Waals surface area contributed by atoms with E-state index in [4.69, 9.17) is 5.11 Å². The standard InChI is InChI=1S/C15H21NO2/c1-2-16-14-9-7-11(8-10-15(17)18)12-5-3-4-6-13(12)14/h7,9,16H,2-6,8,10H2,1H3,(H,17,18). The predicted octanol–water partition coefficient (Wildman–Crippen LogP) is 3.01. The molecule has 1 aromatic rings. The Balaban J connectivity index is 2.28. The Labute approximate surface area is 108 Å². The van der Waals surface area contributed by atoms with E-state index in [1.165, 1.54) is 35.2 Å². The van der Waals surface area contributed by atoms with Crippen molar-refractivity contribution < 1.29 is 9.90 Å². The summed E-state index contributed by atoms with van der Waals surface area (Å²) in [6, 6.07) is 4.22. The molecule has 3 heteroatoms.